The van der Waals surface area contributed by atoms with Gasteiger partial charge in [-0.25, -0.2) is 4.39 Å². The van der Waals surface area contributed by atoms with Gasteiger partial charge in [0.1, 0.15) is 5.67 Å². The Morgan fingerprint density at radius 3 is 2.24 bits per heavy atom. The molecule has 17 heavy (non-hydrogen) atoms. The van der Waals surface area contributed by atoms with Crippen LogP contribution in [0.5, 0.6) is 0 Å². The number of hydrogen-bond donors (Lipinski definition) is 0. The molecule has 2 saturated heterocycles. The molecule has 0 radical (unpaired) electrons. The second kappa shape index (κ2) is 5.66. The summed E-state index contributed by atoms with van der Waals surface area (Å²) < 4.78 is 14.6. The molecular weight excluding hydrogens is 215 g/mol. The predicted octanol–water partition coefficient (Wildman–Crippen LogP) is 2.54. The average Bonchev–Trinajstić information content (AvgIpc) is 2.34. The summed E-state index contributed by atoms with van der Waals surface area (Å²) in [7, 11) is 2.09. The van der Waals surface area contributed by atoms with E-state index in [9.17, 15) is 4.39 Å². The molecule has 0 atom stereocenters. The van der Waals surface area contributed by atoms with Gasteiger partial charge in [0.2, 0.25) is 0 Å². The summed E-state index contributed by atoms with van der Waals surface area (Å²) >= 11 is 0. The maximum atomic E-state index is 14.6. The number of rotatable bonds is 3. The van der Waals surface area contributed by atoms with E-state index in [2.05, 4.69) is 23.8 Å². The van der Waals surface area contributed by atoms with Gasteiger partial charge in [-0.3, -0.25) is 0 Å². The van der Waals surface area contributed by atoms with Crippen molar-refractivity contribution in [2.45, 2.75) is 44.7 Å². The van der Waals surface area contributed by atoms with E-state index in [0.717, 1.165) is 44.9 Å². The Balaban J connectivity index is 1.77. The highest BCUT2D eigenvalue weighted by Gasteiger charge is 2.35. The molecule has 0 aromatic heterocycles. The highest BCUT2D eigenvalue weighted by Crippen LogP contribution is 2.29. The van der Waals surface area contributed by atoms with Gasteiger partial charge in [-0.1, -0.05) is 13.3 Å². The number of nitrogens with zero attached hydrogens (tertiary/aromatic N) is 2. The van der Waals surface area contributed by atoms with Crippen molar-refractivity contribution in [2.75, 3.05) is 39.8 Å². The molecule has 0 saturated carbocycles. The lowest BCUT2D eigenvalue weighted by Gasteiger charge is -2.40. The zero-order valence-corrected chi connectivity index (χ0v) is 11.4. The fraction of sp³-hybridized carbons (Fsp3) is 1.00. The van der Waals surface area contributed by atoms with Gasteiger partial charge in [0.15, 0.2) is 0 Å². The molecule has 3 heteroatoms. The minimum atomic E-state index is -0.911. The first-order valence-corrected chi connectivity index (χ1v) is 7.21. The summed E-state index contributed by atoms with van der Waals surface area (Å²) in [6.07, 6.45) is 5.27. The third-order valence-corrected chi connectivity index (χ3v) is 4.67. The Morgan fingerprint density at radius 1 is 1.12 bits per heavy atom. The van der Waals surface area contributed by atoms with Gasteiger partial charge in [-0.05, 0) is 51.7 Å². The maximum absolute atomic E-state index is 14.6. The van der Waals surface area contributed by atoms with Crippen molar-refractivity contribution >= 4 is 0 Å². The van der Waals surface area contributed by atoms with Crippen LogP contribution in [-0.4, -0.2) is 55.2 Å². The number of likely N-dealkylation sites (tertiary alicyclic amines) is 2. The molecule has 0 amide bonds. The van der Waals surface area contributed by atoms with Crippen LogP contribution in [0.25, 0.3) is 0 Å². The van der Waals surface area contributed by atoms with Gasteiger partial charge in [-0.15, -0.1) is 0 Å². The molecule has 100 valence electrons. The minimum Gasteiger partial charge on any atom is -0.306 e. The monoisotopic (exact) mass is 242 g/mol. The summed E-state index contributed by atoms with van der Waals surface area (Å²) in [5.41, 5.74) is -0.911. The van der Waals surface area contributed by atoms with E-state index < -0.39 is 5.67 Å². The standard InChI is InChI=1S/C14H27FN2/c1-3-13-4-8-17(9-5-13)12-14(15)6-10-16(2)11-7-14/h13H,3-12H2,1-2H3. The van der Waals surface area contributed by atoms with Crippen molar-refractivity contribution in [1.82, 2.24) is 9.80 Å². The van der Waals surface area contributed by atoms with Crippen LogP contribution in [0, 0.1) is 5.92 Å². The molecule has 2 nitrogen and oxygen atoms in total. The first-order chi connectivity index (χ1) is 8.11. The van der Waals surface area contributed by atoms with Crippen molar-refractivity contribution in [1.29, 1.82) is 0 Å². The van der Waals surface area contributed by atoms with Crippen molar-refractivity contribution in [3.05, 3.63) is 0 Å². The molecule has 2 aliphatic heterocycles. The molecular formula is C14H27FN2. The Bertz CT molecular complexity index is 228. The quantitative estimate of drug-likeness (QED) is 0.750. The molecule has 0 aromatic carbocycles. The highest BCUT2D eigenvalue weighted by molar-refractivity contribution is 4.89. The number of piperidine rings is 2. The van der Waals surface area contributed by atoms with E-state index in [1.165, 1.54) is 19.3 Å². The zero-order chi connectivity index (χ0) is 12.3. The average molecular weight is 242 g/mol. The topological polar surface area (TPSA) is 6.48 Å². The first kappa shape index (κ1) is 13.3. The van der Waals surface area contributed by atoms with E-state index in [1.54, 1.807) is 0 Å². The van der Waals surface area contributed by atoms with Gasteiger partial charge in [-0.2, -0.15) is 0 Å². The lowest BCUT2D eigenvalue weighted by molar-refractivity contribution is 0.0209. The van der Waals surface area contributed by atoms with Crippen LogP contribution in [0.15, 0.2) is 0 Å². The van der Waals surface area contributed by atoms with E-state index in [1.807, 2.05) is 0 Å². The maximum Gasteiger partial charge on any atom is 0.126 e. The van der Waals surface area contributed by atoms with Crippen molar-refractivity contribution in [2.24, 2.45) is 5.92 Å². The van der Waals surface area contributed by atoms with Crippen LogP contribution in [-0.2, 0) is 0 Å². The summed E-state index contributed by atoms with van der Waals surface area (Å²) in [6, 6.07) is 0. The summed E-state index contributed by atoms with van der Waals surface area (Å²) in [4.78, 5) is 4.60. The third kappa shape index (κ3) is 3.65. The Kier molecular flexibility index (Phi) is 4.42. The molecule has 0 aromatic rings. The lowest BCUT2D eigenvalue weighted by Crippen LogP contribution is -2.49. The molecule has 0 N–H and O–H groups in total. The van der Waals surface area contributed by atoms with E-state index in [4.69, 9.17) is 0 Å². The SMILES string of the molecule is CCC1CCN(CC2(F)CCN(C)CC2)CC1. The Hall–Kier alpha value is -0.150. The smallest absolute Gasteiger partial charge is 0.126 e. The fourth-order valence-corrected chi connectivity index (χ4v) is 3.13. The third-order valence-electron chi connectivity index (χ3n) is 4.67. The largest absolute Gasteiger partial charge is 0.306 e. The highest BCUT2D eigenvalue weighted by atomic mass is 19.1. The van der Waals surface area contributed by atoms with Crippen molar-refractivity contribution < 1.29 is 4.39 Å². The number of halogens is 1. The molecule has 0 bridgehead atoms. The Labute approximate surface area is 105 Å². The fourth-order valence-electron chi connectivity index (χ4n) is 3.13. The van der Waals surface area contributed by atoms with E-state index in [-0.39, 0.29) is 0 Å². The first-order valence-electron chi connectivity index (χ1n) is 7.21. The number of alkyl halides is 1. The lowest BCUT2D eigenvalue weighted by atomic mass is 9.90. The summed E-state index contributed by atoms with van der Waals surface area (Å²) in [6.45, 7) is 7.01. The van der Waals surface area contributed by atoms with E-state index in [0.29, 0.717) is 6.54 Å². The molecule has 2 fully saturated rings. The second-order valence-corrected chi connectivity index (χ2v) is 6.08. The molecule has 2 rings (SSSR count). The second-order valence-electron chi connectivity index (χ2n) is 6.08. The van der Waals surface area contributed by atoms with Gasteiger partial charge in [0.25, 0.3) is 0 Å². The summed E-state index contributed by atoms with van der Waals surface area (Å²) in [5, 5.41) is 0. The van der Waals surface area contributed by atoms with Crippen LogP contribution in [0.1, 0.15) is 39.0 Å². The van der Waals surface area contributed by atoms with E-state index >= 15 is 0 Å². The normalized spacial score (nSPS) is 28.4. The predicted molar refractivity (Wildman–Crippen MR) is 70.0 cm³/mol. The molecule has 2 heterocycles. The molecule has 0 aliphatic carbocycles. The molecule has 0 unspecified atom stereocenters. The van der Waals surface area contributed by atoms with Gasteiger partial charge < -0.3 is 9.80 Å². The number of hydrogen-bond acceptors (Lipinski definition) is 2. The van der Waals surface area contributed by atoms with Crippen LogP contribution in [0.2, 0.25) is 0 Å². The van der Waals surface area contributed by atoms with Crippen LogP contribution < -0.4 is 0 Å². The van der Waals surface area contributed by atoms with Crippen LogP contribution >= 0.6 is 0 Å². The minimum absolute atomic E-state index is 0.678. The van der Waals surface area contributed by atoms with Gasteiger partial charge in [0.05, 0.1) is 0 Å². The Morgan fingerprint density at radius 2 is 1.71 bits per heavy atom. The zero-order valence-electron chi connectivity index (χ0n) is 11.4. The summed E-state index contributed by atoms with van der Waals surface area (Å²) in [5.74, 6) is 0.888. The van der Waals surface area contributed by atoms with Crippen molar-refractivity contribution in [3.8, 4) is 0 Å². The van der Waals surface area contributed by atoms with Crippen molar-refractivity contribution in [3.63, 3.8) is 0 Å². The van der Waals surface area contributed by atoms with Gasteiger partial charge >= 0.3 is 0 Å². The van der Waals surface area contributed by atoms with Gasteiger partial charge in [0, 0.05) is 19.6 Å². The molecule has 0 spiro atoms. The molecule has 2 aliphatic rings. The van der Waals surface area contributed by atoms with Crippen LogP contribution in [0.3, 0.4) is 0 Å². The van der Waals surface area contributed by atoms with Crippen LogP contribution in [0.4, 0.5) is 4.39 Å².